The van der Waals surface area contributed by atoms with Crippen LogP contribution in [0.2, 0.25) is 0 Å². The Morgan fingerprint density at radius 2 is 1.68 bits per heavy atom. The Morgan fingerprint density at radius 1 is 1.11 bits per heavy atom. The smallest absolute Gasteiger partial charge is 0.165 e. The van der Waals surface area contributed by atoms with Gasteiger partial charge in [-0.3, -0.25) is 0 Å². The molecule has 4 nitrogen and oxygen atoms in total. The van der Waals surface area contributed by atoms with E-state index >= 15 is 0 Å². The van der Waals surface area contributed by atoms with Crippen LogP contribution in [-0.4, -0.2) is 29.0 Å². The zero-order chi connectivity index (χ0) is 13.7. The van der Waals surface area contributed by atoms with Crippen molar-refractivity contribution in [2.75, 3.05) is 6.61 Å². The first-order chi connectivity index (χ1) is 9.02. The SMILES string of the molecule is CC1Cc2c(c(O)c3c(c2C(C)CO)OC(C)C3)O1. The molecule has 0 fully saturated rings. The van der Waals surface area contributed by atoms with Crippen LogP contribution in [0, 0.1) is 0 Å². The molecule has 2 aliphatic rings. The van der Waals surface area contributed by atoms with Crippen molar-refractivity contribution in [3.05, 3.63) is 16.7 Å². The summed E-state index contributed by atoms with van der Waals surface area (Å²) >= 11 is 0. The summed E-state index contributed by atoms with van der Waals surface area (Å²) in [6.45, 7) is 6.01. The summed E-state index contributed by atoms with van der Waals surface area (Å²) in [7, 11) is 0. The molecular formula is C15H20O4. The summed E-state index contributed by atoms with van der Waals surface area (Å²) in [5, 5.41) is 19.9. The zero-order valence-electron chi connectivity index (χ0n) is 11.6. The molecule has 0 amide bonds. The Bertz CT molecular complexity index is 484. The van der Waals surface area contributed by atoms with E-state index in [4.69, 9.17) is 9.47 Å². The quantitative estimate of drug-likeness (QED) is 0.859. The molecule has 2 aliphatic heterocycles. The normalized spacial score (nSPS) is 25.5. The van der Waals surface area contributed by atoms with E-state index in [9.17, 15) is 10.2 Å². The molecule has 2 heterocycles. The summed E-state index contributed by atoms with van der Waals surface area (Å²) in [5.41, 5.74) is 2.84. The van der Waals surface area contributed by atoms with Gasteiger partial charge in [0.25, 0.3) is 0 Å². The molecule has 0 spiro atoms. The molecule has 2 N–H and O–H groups in total. The van der Waals surface area contributed by atoms with Crippen LogP contribution >= 0.6 is 0 Å². The fraction of sp³-hybridized carbons (Fsp3) is 0.600. The lowest BCUT2D eigenvalue weighted by Crippen LogP contribution is -2.09. The van der Waals surface area contributed by atoms with Crippen LogP contribution in [0.3, 0.4) is 0 Å². The highest BCUT2D eigenvalue weighted by Crippen LogP contribution is 2.52. The monoisotopic (exact) mass is 264 g/mol. The summed E-state index contributed by atoms with van der Waals surface area (Å²) in [4.78, 5) is 0. The van der Waals surface area contributed by atoms with Crippen LogP contribution in [0.5, 0.6) is 17.2 Å². The average Bonchev–Trinajstić information content (AvgIpc) is 2.92. The van der Waals surface area contributed by atoms with Crippen molar-refractivity contribution < 1.29 is 19.7 Å². The third-order valence-electron chi connectivity index (χ3n) is 4.01. The molecular weight excluding hydrogens is 244 g/mol. The summed E-state index contributed by atoms with van der Waals surface area (Å²) in [6.07, 6.45) is 1.57. The van der Waals surface area contributed by atoms with Gasteiger partial charge in [0.15, 0.2) is 11.5 Å². The minimum Gasteiger partial charge on any atom is -0.504 e. The first-order valence-corrected chi connectivity index (χ1v) is 6.87. The molecule has 1 aromatic rings. The van der Waals surface area contributed by atoms with Gasteiger partial charge in [-0.25, -0.2) is 0 Å². The highest BCUT2D eigenvalue weighted by atomic mass is 16.5. The second kappa shape index (κ2) is 4.30. The molecule has 19 heavy (non-hydrogen) atoms. The summed E-state index contributed by atoms with van der Waals surface area (Å²) in [5.74, 6) is 1.58. The van der Waals surface area contributed by atoms with Crippen molar-refractivity contribution >= 4 is 0 Å². The molecule has 4 heteroatoms. The highest BCUT2D eigenvalue weighted by Gasteiger charge is 2.37. The fourth-order valence-corrected chi connectivity index (χ4v) is 3.14. The van der Waals surface area contributed by atoms with Crippen LogP contribution in [0.25, 0.3) is 0 Å². The van der Waals surface area contributed by atoms with E-state index in [1.807, 2.05) is 20.8 Å². The third-order valence-corrected chi connectivity index (χ3v) is 4.01. The summed E-state index contributed by atoms with van der Waals surface area (Å²) in [6, 6.07) is 0. The van der Waals surface area contributed by atoms with Crippen molar-refractivity contribution in [1.82, 2.24) is 0 Å². The van der Waals surface area contributed by atoms with Crippen LogP contribution in [-0.2, 0) is 12.8 Å². The average molecular weight is 264 g/mol. The third kappa shape index (κ3) is 1.77. The Hall–Kier alpha value is -1.42. The highest BCUT2D eigenvalue weighted by molar-refractivity contribution is 5.66. The Balaban J connectivity index is 2.23. The van der Waals surface area contributed by atoms with Crippen molar-refractivity contribution in [2.45, 2.75) is 51.7 Å². The Kier molecular flexibility index (Phi) is 2.86. The fourth-order valence-electron chi connectivity index (χ4n) is 3.14. The molecule has 104 valence electrons. The molecule has 0 aromatic heterocycles. The molecule has 3 unspecified atom stereocenters. The number of aromatic hydroxyl groups is 1. The molecule has 3 atom stereocenters. The minimum absolute atomic E-state index is 0.0118. The van der Waals surface area contributed by atoms with Gasteiger partial charge in [-0.15, -0.1) is 0 Å². The number of hydrogen-bond donors (Lipinski definition) is 2. The molecule has 3 rings (SSSR count). The van der Waals surface area contributed by atoms with Crippen LogP contribution in [0.15, 0.2) is 0 Å². The lowest BCUT2D eigenvalue weighted by molar-refractivity contribution is 0.241. The number of rotatable bonds is 2. The van der Waals surface area contributed by atoms with Crippen molar-refractivity contribution in [1.29, 1.82) is 0 Å². The van der Waals surface area contributed by atoms with Gasteiger partial charge in [0.2, 0.25) is 0 Å². The Morgan fingerprint density at radius 3 is 2.32 bits per heavy atom. The molecule has 0 bridgehead atoms. The van der Waals surface area contributed by atoms with E-state index in [0.29, 0.717) is 12.2 Å². The van der Waals surface area contributed by atoms with E-state index < -0.39 is 0 Å². The van der Waals surface area contributed by atoms with Gasteiger partial charge in [-0.2, -0.15) is 0 Å². The van der Waals surface area contributed by atoms with Gasteiger partial charge in [0.1, 0.15) is 18.0 Å². The van der Waals surface area contributed by atoms with Crippen LogP contribution in [0.4, 0.5) is 0 Å². The molecule has 1 aromatic carbocycles. The lowest BCUT2D eigenvalue weighted by atomic mass is 9.90. The van der Waals surface area contributed by atoms with Gasteiger partial charge in [-0.1, -0.05) is 6.92 Å². The largest absolute Gasteiger partial charge is 0.504 e. The molecule has 0 aliphatic carbocycles. The number of fused-ring (bicyclic) bond motifs is 2. The summed E-state index contributed by atoms with van der Waals surface area (Å²) < 4.78 is 11.6. The number of aliphatic hydroxyl groups excluding tert-OH is 1. The van der Waals surface area contributed by atoms with E-state index in [1.54, 1.807) is 0 Å². The van der Waals surface area contributed by atoms with Crippen LogP contribution < -0.4 is 9.47 Å². The molecule has 0 saturated heterocycles. The van der Waals surface area contributed by atoms with E-state index in [1.165, 1.54) is 0 Å². The van der Waals surface area contributed by atoms with Gasteiger partial charge < -0.3 is 19.7 Å². The van der Waals surface area contributed by atoms with E-state index in [-0.39, 0.29) is 30.5 Å². The molecule has 0 saturated carbocycles. The van der Waals surface area contributed by atoms with Gasteiger partial charge in [0, 0.05) is 42.1 Å². The van der Waals surface area contributed by atoms with E-state index in [0.717, 1.165) is 28.9 Å². The second-order valence-electron chi connectivity index (χ2n) is 5.73. The number of hydrogen-bond acceptors (Lipinski definition) is 4. The second-order valence-corrected chi connectivity index (χ2v) is 5.73. The number of aliphatic hydroxyl groups is 1. The number of ether oxygens (including phenoxy) is 2. The predicted octanol–water partition coefficient (Wildman–Crippen LogP) is 2.13. The van der Waals surface area contributed by atoms with Gasteiger partial charge in [-0.05, 0) is 13.8 Å². The zero-order valence-corrected chi connectivity index (χ0v) is 11.6. The topological polar surface area (TPSA) is 58.9 Å². The maximum Gasteiger partial charge on any atom is 0.165 e. The molecule has 0 radical (unpaired) electrons. The minimum atomic E-state index is -0.0118. The number of benzene rings is 1. The van der Waals surface area contributed by atoms with Gasteiger partial charge in [0.05, 0.1) is 0 Å². The van der Waals surface area contributed by atoms with Crippen LogP contribution in [0.1, 0.15) is 43.4 Å². The number of phenolic OH excluding ortho intramolecular Hbond substituents is 1. The first kappa shape index (κ1) is 12.6. The first-order valence-electron chi connectivity index (χ1n) is 6.87. The van der Waals surface area contributed by atoms with Gasteiger partial charge >= 0.3 is 0 Å². The number of phenols is 1. The lowest BCUT2D eigenvalue weighted by Gasteiger charge is -2.18. The van der Waals surface area contributed by atoms with Crippen molar-refractivity contribution in [3.63, 3.8) is 0 Å². The van der Waals surface area contributed by atoms with Crippen molar-refractivity contribution in [3.8, 4) is 17.2 Å². The maximum atomic E-state index is 10.4. The maximum absolute atomic E-state index is 10.4. The van der Waals surface area contributed by atoms with E-state index in [2.05, 4.69) is 0 Å². The Labute approximate surface area is 113 Å². The standard InChI is InChI=1S/C15H20O4/c1-7(6-16)12-10-4-8(2)19-15(10)13(17)11-5-9(3)18-14(11)12/h7-9,16-17H,4-6H2,1-3H3. The van der Waals surface area contributed by atoms with Crippen molar-refractivity contribution in [2.24, 2.45) is 0 Å². The predicted molar refractivity (Wildman–Crippen MR) is 71.2 cm³/mol.